The first-order chi connectivity index (χ1) is 10.6. The highest BCUT2D eigenvalue weighted by molar-refractivity contribution is 6.31. The molecule has 0 aliphatic carbocycles. The molecule has 0 bridgehead atoms. The van der Waals surface area contributed by atoms with Gasteiger partial charge in [0.2, 0.25) is 0 Å². The van der Waals surface area contributed by atoms with Crippen molar-refractivity contribution in [2.75, 3.05) is 6.61 Å². The maximum Gasteiger partial charge on any atom is 0.338 e. The standard InChI is InChI=1S/C17H14ClNO3/c1-2-22-15-7-6-11(18)9-12(15)13-10-19-8-4-3-5-14(19)16(13)17(20)21/h3-10H,2H2,1H3,(H,20,21). The SMILES string of the molecule is CCOc1ccc(Cl)cc1-c1cn2ccccc2c1C(=O)O. The number of carboxylic acid groups (broad SMARTS) is 1. The predicted molar refractivity (Wildman–Crippen MR) is 86.0 cm³/mol. The summed E-state index contributed by atoms with van der Waals surface area (Å²) in [5.41, 5.74) is 2.14. The number of hydrogen-bond donors (Lipinski definition) is 1. The fourth-order valence-corrected chi connectivity index (χ4v) is 2.72. The van der Waals surface area contributed by atoms with Crippen molar-refractivity contribution in [2.24, 2.45) is 0 Å². The van der Waals surface area contributed by atoms with Gasteiger partial charge in [-0.25, -0.2) is 4.79 Å². The number of carbonyl (C=O) groups is 1. The second kappa shape index (κ2) is 5.73. The molecule has 0 aliphatic rings. The maximum atomic E-state index is 11.7. The molecule has 1 N–H and O–H groups in total. The van der Waals surface area contributed by atoms with Crippen LogP contribution in [-0.2, 0) is 0 Å². The van der Waals surface area contributed by atoms with Gasteiger partial charge in [-0.15, -0.1) is 0 Å². The fraction of sp³-hybridized carbons (Fsp3) is 0.118. The van der Waals surface area contributed by atoms with E-state index in [1.54, 1.807) is 34.9 Å². The van der Waals surface area contributed by atoms with Gasteiger partial charge in [0, 0.05) is 28.5 Å². The van der Waals surface area contributed by atoms with Gasteiger partial charge >= 0.3 is 5.97 Å². The van der Waals surface area contributed by atoms with Gasteiger partial charge < -0.3 is 14.2 Å². The zero-order valence-electron chi connectivity index (χ0n) is 11.9. The lowest BCUT2D eigenvalue weighted by atomic mass is 10.0. The van der Waals surface area contributed by atoms with E-state index in [1.165, 1.54) is 0 Å². The number of pyridine rings is 1. The van der Waals surface area contributed by atoms with Crippen LogP contribution < -0.4 is 4.74 Å². The molecule has 0 atom stereocenters. The zero-order valence-corrected chi connectivity index (χ0v) is 12.7. The average molecular weight is 316 g/mol. The van der Waals surface area contributed by atoms with Gasteiger partial charge in [0.1, 0.15) is 5.75 Å². The van der Waals surface area contributed by atoms with Gasteiger partial charge in [-0.3, -0.25) is 0 Å². The molecule has 112 valence electrons. The summed E-state index contributed by atoms with van der Waals surface area (Å²) in [6.07, 6.45) is 3.60. The molecule has 3 rings (SSSR count). The van der Waals surface area contributed by atoms with Gasteiger partial charge in [0.15, 0.2) is 0 Å². The second-order valence-corrected chi connectivity index (χ2v) is 5.23. The predicted octanol–water partition coefficient (Wildman–Crippen LogP) is 4.36. The van der Waals surface area contributed by atoms with Crippen LogP contribution in [0.3, 0.4) is 0 Å². The van der Waals surface area contributed by atoms with Crippen molar-refractivity contribution in [3.63, 3.8) is 0 Å². The molecule has 0 fully saturated rings. The fourth-order valence-electron chi connectivity index (χ4n) is 2.55. The summed E-state index contributed by atoms with van der Waals surface area (Å²) in [7, 11) is 0. The van der Waals surface area contributed by atoms with Crippen molar-refractivity contribution in [2.45, 2.75) is 6.92 Å². The molecule has 22 heavy (non-hydrogen) atoms. The summed E-state index contributed by atoms with van der Waals surface area (Å²) >= 11 is 6.09. The van der Waals surface area contributed by atoms with Crippen LogP contribution in [0.25, 0.3) is 16.6 Å². The van der Waals surface area contributed by atoms with Gasteiger partial charge in [0.25, 0.3) is 0 Å². The van der Waals surface area contributed by atoms with E-state index in [2.05, 4.69) is 0 Å². The van der Waals surface area contributed by atoms with Gasteiger partial charge in [-0.05, 0) is 37.3 Å². The Balaban J connectivity index is 2.32. The number of hydrogen-bond acceptors (Lipinski definition) is 2. The monoisotopic (exact) mass is 315 g/mol. The van der Waals surface area contributed by atoms with Crippen molar-refractivity contribution in [3.8, 4) is 16.9 Å². The summed E-state index contributed by atoms with van der Waals surface area (Å²) < 4.78 is 7.40. The number of rotatable bonds is 4. The van der Waals surface area contributed by atoms with Crippen LogP contribution in [0.4, 0.5) is 0 Å². The highest BCUT2D eigenvalue weighted by Gasteiger charge is 2.21. The molecule has 1 aromatic carbocycles. The number of carboxylic acids is 1. The Morgan fingerprint density at radius 1 is 1.27 bits per heavy atom. The lowest BCUT2D eigenvalue weighted by Gasteiger charge is -2.10. The van der Waals surface area contributed by atoms with Crippen LogP contribution in [0.5, 0.6) is 5.75 Å². The van der Waals surface area contributed by atoms with Gasteiger partial charge in [-0.1, -0.05) is 17.7 Å². The number of halogens is 1. The molecular weight excluding hydrogens is 302 g/mol. The first-order valence-electron chi connectivity index (χ1n) is 6.87. The lowest BCUT2D eigenvalue weighted by Crippen LogP contribution is -1.99. The van der Waals surface area contributed by atoms with Crippen LogP contribution in [0, 0.1) is 0 Å². The molecular formula is C17H14ClNO3. The first kappa shape index (κ1) is 14.5. The van der Waals surface area contributed by atoms with Crippen LogP contribution >= 0.6 is 11.6 Å². The Bertz CT molecular complexity index is 854. The number of aromatic nitrogens is 1. The summed E-state index contributed by atoms with van der Waals surface area (Å²) in [6.45, 7) is 2.37. The highest BCUT2D eigenvalue weighted by Crippen LogP contribution is 2.37. The number of aromatic carboxylic acids is 1. The Morgan fingerprint density at radius 3 is 2.82 bits per heavy atom. The van der Waals surface area contributed by atoms with E-state index < -0.39 is 5.97 Å². The smallest absolute Gasteiger partial charge is 0.338 e. The minimum atomic E-state index is -0.980. The summed E-state index contributed by atoms with van der Waals surface area (Å²) in [5.74, 6) is -0.364. The van der Waals surface area contributed by atoms with Gasteiger partial charge in [0.05, 0.1) is 17.7 Å². The molecule has 0 spiro atoms. The number of benzene rings is 1. The normalized spacial score (nSPS) is 10.8. The minimum absolute atomic E-state index is 0.240. The topological polar surface area (TPSA) is 50.9 Å². The number of ether oxygens (including phenoxy) is 1. The minimum Gasteiger partial charge on any atom is -0.493 e. The third-order valence-electron chi connectivity index (χ3n) is 3.43. The van der Waals surface area contributed by atoms with Crippen molar-refractivity contribution in [1.29, 1.82) is 0 Å². The lowest BCUT2D eigenvalue weighted by molar-refractivity contribution is 0.0700. The largest absolute Gasteiger partial charge is 0.493 e. The molecule has 0 saturated heterocycles. The maximum absolute atomic E-state index is 11.7. The van der Waals surface area contributed by atoms with Crippen LogP contribution in [0.15, 0.2) is 48.8 Å². The van der Waals surface area contributed by atoms with Crippen LogP contribution in [-0.4, -0.2) is 22.1 Å². The summed E-state index contributed by atoms with van der Waals surface area (Å²) in [6, 6.07) is 10.7. The van der Waals surface area contributed by atoms with E-state index in [9.17, 15) is 9.90 Å². The zero-order chi connectivity index (χ0) is 15.7. The average Bonchev–Trinajstić information content (AvgIpc) is 2.88. The highest BCUT2D eigenvalue weighted by atomic mass is 35.5. The molecule has 0 unspecified atom stereocenters. The first-order valence-corrected chi connectivity index (χ1v) is 7.25. The van der Waals surface area contributed by atoms with Crippen molar-refractivity contribution in [1.82, 2.24) is 4.40 Å². The van der Waals surface area contributed by atoms with E-state index in [0.717, 1.165) is 0 Å². The number of nitrogens with zero attached hydrogens (tertiary/aromatic N) is 1. The third kappa shape index (κ3) is 2.42. The van der Waals surface area contributed by atoms with E-state index in [0.29, 0.717) is 34.0 Å². The molecule has 4 nitrogen and oxygen atoms in total. The van der Waals surface area contributed by atoms with Crippen LogP contribution in [0.2, 0.25) is 5.02 Å². The van der Waals surface area contributed by atoms with E-state index in [1.807, 2.05) is 25.3 Å². The van der Waals surface area contributed by atoms with Gasteiger partial charge in [-0.2, -0.15) is 0 Å². The Hall–Kier alpha value is -2.46. The molecule has 0 aliphatic heterocycles. The molecule has 5 heteroatoms. The van der Waals surface area contributed by atoms with E-state index in [4.69, 9.17) is 16.3 Å². The quantitative estimate of drug-likeness (QED) is 0.778. The molecule has 0 amide bonds. The molecule has 2 aromatic heterocycles. The summed E-state index contributed by atoms with van der Waals surface area (Å²) in [5, 5.41) is 10.1. The third-order valence-corrected chi connectivity index (χ3v) is 3.66. The molecule has 2 heterocycles. The Labute approximate surface area is 132 Å². The van der Waals surface area contributed by atoms with Crippen molar-refractivity contribution >= 4 is 23.1 Å². The molecule has 3 aromatic rings. The Kier molecular flexibility index (Phi) is 3.77. The van der Waals surface area contributed by atoms with Crippen molar-refractivity contribution in [3.05, 3.63) is 59.4 Å². The van der Waals surface area contributed by atoms with Crippen LogP contribution in [0.1, 0.15) is 17.3 Å². The second-order valence-electron chi connectivity index (χ2n) is 4.79. The van der Waals surface area contributed by atoms with Crippen molar-refractivity contribution < 1.29 is 14.6 Å². The molecule has 0 saturated carbocycles. The summed E-state index contributed by atoms with van der Waals surface area (Å²) in [4.78, 5) is 11.7. The van der Waals surface area contributed by atoms with E-state index >= 15 is 0 Å². The molecule has 0 radical (unpaired) electrons. The van der Waals surface area contributed by atoms with E-state index in [-0.39, 0.29) is 5.56 Å². The Morgan fingerprint density at radius 2 is 2.09 bits per heavy atom. The number of fused-ring (bicyclic) bond motifs is 1.